The summed E-state index contributed by atoms with van der Waals surface area (Å²) >= 11 is 6.42. The molecule has 6 nitrogen and oxygen atoms in total. The summed E-state index contributed by atoms with van der Waals surface area (Å²) in [5.74, 6) is 1.000. The predicted octanol–water partition coefficient (Wildman–Crippen LogP) is 4.60. The van der Waals surface area contributed by atoms with Gasteiger partial charge >= 0.3 is 6.18 Å². The fraction of sp³-hybridized carbons (Fsp3) is 0.609. The van der Waals surface area contributed by atoms with Crippen LogP contribution in [0, 0.1) is 11.8 Å². The minimum absolute atomic E-state index is 0.0745. The van der Waals surface area contributed by atoms with E-state index in [4.69, 9.17) is 11.6 Å². The van der Waals surface area contributed by atoms with Crippen molar-refractivity contribution in [1.29, 1.82) is 0 Å². The number of pyridine rings is 1. The molecule has 33 heavy (non-hydrogen) atoms. The summed E-state index contributed by atoms with van der Waals surface area (Å²) in [6.07, 6.45) is 1.14. The third-order valence-electron chi connectivity index (χ3n) is 7.36. The van der Waals surface area contributed by atoms with E-state index in [0.717, 1.165) is 54.5 Å². The van der Waals surface area contributed by atoms with Gasteiger partial charge in [-0.05, 0) is 74.5 Å². The van der Waals surface area contributed by atoms with Crippen LogP contribution in [0.4, 0.5) is 13.2 Å². The first kappa shape index (κ1) is 22.5. The van der Waals surface area contributed by atoms with E-state index >= 15 is 0 Å². The Balaban J connectivity index is 1.39. The van der Waals surface area contributed by atoms with Gasteiger partial charge in [0.25, 0.3) is 5.91 Å². The molecule has 0 aromatic carbocycles. The smallest absolute Gasteiger partial charge is 0.340 e. The van der Waals surface area contributed by atoms with Gasteiger partial charge < -0.3 is 9.80 Å². The topological polar surface area (TPSA) is 57.9 Å². The number of rotatable bonds is 8. The molecule has 2 amide bonds. The molecule has 3 aliphatic rings. The number of hydrogen-bond donors (Lipinski definition) is 0. The average molecular weight is 483 g/mol. The van der Waals surface area contributed by atoms with Crippen LogP contribution in [0.3, 0.4) is 0 Å². The Kier molecular flexibility index (Phi) is 5.58. The lowest BCUT2D eigenvalue weighted by atomic mass is 10.1. The van der Waals surface area contributed by atoms with E-state index in [1.165, 1.54) is 11.3 Å². The fourth-order valence-corrected chi connectivity index (χ4v) is 5.45. The molecule has 2 heterocycles. The van der Waals surface area contributed by atoms with Gasteiger partial charge in [-0.3, -0.25) is 9.59 Å². The lowest BCUT2D eigenvalue weighted by Gasteiger charge is -2.29. The summed E-state index contributed by atoms with van der Waals surface area (Å²) < 4.78 is 41.9. The summed E-state index contributed by atoms with van der Waals surface area (Å²) in [6, 6.07) is 2.91. The Bertz CT molecular complexity index is 1090. The Labute approximate surface area is 194 Å². The second-order valence-corrected chi connectivity index (χ2v) is 9.89. The molecule has 3 saturated carbocycles. The summed E-state index contributed by atoms with van der Waals surface area (Å²) in [5, 5.41) is 3.92. The molecule has 0 aliphatic heterocycles. The van der Waals surface area contributed by atoms with Gasteiger partial charge in [-0.15, -0.1) is 0 Å². The predicted molar refractivity (Wildman–Crippen MR) is 116 cm³/mol. The van der Waals surface area contributed by atoms with Gasteiger partial charge in [0.1, 0.15) is 5.69 Å². The van der Waals surface area contributed by atoms with Gasteiger partial charge in [0.2, 0.25) is 6.41 Å². The molecular formula is C23H26ClF3N4O2. The van der Waals surface area contributed by atoms with Crippen LogP contribution in [0.2, 0.25) is 5.02 Å². The van der Waals surface area contributed by atoms with Crippen LogP contribution < -0.4 is 0 Å². The molecule has 0 N–H and O–H groups in total. The van der Waals surface area contributed by atoms with E-state index < -0.39 is 17.8 Å². The van der Waals surface area contributed by atoms with Crippen molar-refractivity contribution in [2.75, 3.05) is 19.6 Å². The number of fused-ring (bicyclic) bond motifs is 2. The van der Waals surface area contributed by atoms with Gasteiger partial charge in [0.05, 0.1) is 10.5 Å². The summed E-state index contributed by atoms with van der Waals surface area (Å²) in [6.45, 7) is 2.75. The maximum atomic E-state index is 13.7. The average Bonchev–Trinajstić information content (AvgIpc) is 3.70. The molecule has 178 valence electrons. The monoisotopic (exact) mass is 482 g/mol. The zero-order valence-corrected chi connectivity index (χ0v) is 19.1. The van der Waals surface area contributed by atoms with Crippen molar-refractivity contribution in [3.63, 3.8) is 0 Å². The molecule has 0 spiro atoms. The minimum Gasteiger partial charge on any atom is -0.340 e. The number of carbonyl (C=O) groups excluding carboxylic acids is 2. The van der Waals surface area contributed by atoms with Crippen LogP contribution in [0.1, 0.15) is 66.7 Å². The molecule has 3 aliphatic carbocycles. The Hall–Kier alpha value is -2.29. The quantitative estimate of drug-likeness (QED) is 0.517. The molecule has 5 rings (SSSR count). The lowest BCUT2D eigenvalue weighted by molar-refractivity contribution is -0.142. The number of amides is 2. The van der Waals surface area contributed by atoms with Crippen molar-refractivity contribution in [3.05, 3.63) is 34.1 Å². The van der Waals surface area contributed by atoms with Crippen LogP contribution in [-0.2, 0) is 11.0 Å². The van der Waals surface area contributed by atoms with Gasteiger partial charge in [0.15, 0.2) is 5.69 Å². The first-order chi connectivity index (χ1) is 15.7. The molecule has 0 saturated heterocycles. The number of carbonyl (C=O) groups is 2. The number of alkyl halides is 3. The number of halogens is 4. The molecule has 2 aromatic rings. The minimum atomic E-state index is -4.63. The van der Waals surface area contributed by atoms with Crippen LogP contribution in [0.25, 0.3) is 5.52 Å². The SMILES string of the molecule is CCN(CCN(C=O)C1CC2CC2C1)C(=O)c1nn2c(C(F)(F)F)cc(C3CC3)cc2c1Cl. The normalized spacial score (nSPS) is 24.1. The molecule has 2 aromatic heterocycles. The molecule has 10 heteroatoms. The third-order valence-corrected chi connectivity index (χ3v) is 7.73. The molecule has 0 bridgehead atoms. The highest BCUT2D eigenvalue weighted by molar-refractivity contribution is 6.36. The maximum absolute atomic E-state index is 13.7. The lowest BCUT2D eigenvalue weighted by Crippen LogP contribution is -2.42. The van der Waals surface area contributed by atoms with Crippen molar-refractivity contribution in [2.24, 2.45) is 11.8 Å². The van der Waals surface area contributed by atoms with E-state index in [-0.39, 0.29) is 34.7 Å². The van der Waals surface area contributed by atoms with E-state index in [2.05, 4.69) is 5.10 Å². The highest BCUT2D eigenvalue weighted by Gasteiger charge is 2.47. The van der Waals surface area contributed by atoms with Crippen LogP contribution in [-0.4, -0.2) is 57.4 Å². The first-order valence-electron chi connectivity index (χ1n) is 11.5. The van der Waals surface area contributed by atoms with Crippen molar-refractivity contribution >= 4 is 29.4 Å². The second-order valence-electron chi connectivity index (χ2n) is 9.51. The Morgan fingerprint density at radius 3 is 2.48 bits per heavy atom. The Morgan fingerprint density at radius 1 is 1.21 bits per heavy atom. The molecule has 3 fully saturated rings. The highest BCUT2D eigenvalue weighted by atomic mass is 35.5. The second kappa shape index (κ2) is 8.18. The molecule has 2 atom stereocenters. The van der Waals surface area contributed by atoms with E-state index in [1.807, 2.05) is 0 Å². The number of hydrogen-bond acceptors (Lipinski definition) is 3. The largest absolute Gasteiger partial charge is 0.433 e. The van der Waals surface area contributed by atoms with Crippen molar-refractivity contribution < 1.29 is 22.8 Å². The first-order valence-corrected chi connectivity index (χ1v) is 11.9. The van der Waals surface area contributed by atoms with Gasteiger partial charge in [-0.2, -0.15) is 18.3 Å². The summed E-state index contributed by atoms with van der Waals surface area (Å²) in [7, 11) is 0. The summed E-state index contributed by atoms with van der Waals surface area (Å²) in [4.78, 5) is 28.1. The van der Waals surface area contributed by atoms with Gasteiger partial charge in [0, 0.05) is 25.7 Å². The fourth-order valence-electron chi connectivity index (χ4n) is 5.19. The number of aromatic nitrogens is 2. The maximum Gasteiger partial charge on any atom is 0.433 e. The molecular weight excluding hydrogens is 457 g/mol. The van der Waals surface area contributed by atoms with Crippen LogP contribution >= 0.6 is 11.6 Å². The Morgan fingerprint density at radius 2 is 1.91 bits per heavy atom. The van der Waals surface area contributed by atoms with E-state index in [0.29, 0.717) is 18.7 Å². The third kappa shape index (κ3) is 4.20. The standard InChI is InChI=1S/C23H26ClF3N4O2/c1-2-29(5-6-30(12-32)17-8-14-7-15(14)9-17)22(33)21-20(24)18-10-16(13-3-4-13)11-19(23(25,26)27)31(18)28-21/h10-15,17H,2-9H2,1H3. The van der Waals surface area contributed by atoms with Crippen molar-refractivity contribution in [2.45, 2.75) is 57.2 Å². The number of likely N-dealkylation sites (N-methyl/N-ethyl adjacent to an activating group) is 1. The van der Waals surface area contributed by atoms with Gasteiger partial charge in [-0.25, -0.2) is 4.52 Å². The highest BCUT2D eigenvalue weighted by Crippen LogP contribution is 2.52. The zero-order chi connectivity index (χ0) is 23.5. The van der Waals surface area contributed by atoms with Crippen LogP contribution in [0.15, 0.2) is 12.1 Å². The van der Waals surface area contributed by atoms with E-state index in [1.54, 1.807) is 17.9 Å². The molecule has 2 unspecified atom stereocenters. The summed E-state index contributed by atoms with van der Waals surface area (Å²) in [5.41, 5.74) is -0.471. The number of nitrogens with zero attached hydrogens (tertiary/aromatic N) is 4. The molecule has 0 radical (unpaired) electrons. The van der Waals surface area contributed by atoms with E-state index in [9.17, 15) is 22.8 Å². The van der Waals surface area contributed by atoms with Crippen molar-refractivity contribution in [1.82, 2.24) is 19.4 Å². The zero-order valence-electron chi connectivity index (χ0n) is 18.3. The van der Waals surface area contributed by atoms with Crippen LogP contribution in [0.5, 0.6) is 0 Å². The van der Waals surface area contributed by atoms with Crippen molar-refractivity contribution in [3.8, 4) is 0 Å². The van der Waals surface area contributed by atoms with Gasteiger partial charge in [-0.1, -0.05) is 11.6 Å².